The topological polar surface area (TPSA) is 72.2 Å². The first-order valence-electron chi connectivity index (χ1n) is 7.56. The van der Waals surface area contributed by atoms with E-state index in [-0.39, 0.29) is 5.91 Å². The number of benzene rings is 1. The molecule has 1 amide bonds. The van der Waals surface area contributed by atoms with Gasteiger partial charge in [-0.05, 0) is 18.4 Å². The number of carbonyl (C=O) groups is 1. The summed E-state index contributed by atoms with van der Waals surface area (Å²) >= 11 is 0. The molecule has 116 valence electrons. The van der Waals surface area contributed by atoms with Gasteiger partial charge >= 0.3 is 0 Å². The fourth-order valence-corrected chi connectivity index (χ4v) is 3.73. The number of amides is 1. The molecule has 21 heavy (non-hydrogen) atoms. The highest BCUT2D eigenvalue weighted by molar-refractivity contribution is 7.84. The Morgan fingerprint density at radius 3 is 2.52 bits per heavy atom. The first-order valence-corrected chi connectivity index (χ1v) is 9.05. The van der Waals surface area contributed by atoms with Crippen LogP contribution in [0.1, 0.15) is 37.7 Å². The van der Waals surface area contributed by atoms with E-state index in [1.165, 1.54) is 0 Å². The minimum absolute atomic E-state index is 0.0843. The van der Waals surface area contributed by atoms with E-state index < -0.39 is 16.3 Å². The summed E-state index contributed by atoms with van der Waals surface area (Å²) in [6, 6.07) is 9.75. The Morgan fingerprint density at radius 1 is 1.19 bits per heavy atom. The van der Waals surface area contributed by atoms with Crippen LogP contribution in [0.3, 0.4) is 0 Å². The van der Waals surface area contributed by atoms with Crippen molar-refractivity contribution in [2.45, 2.75) is 43.4 Å². The van der Waals surface area contributed by atoms with Gasteiger partial charge in [0, 0.05) is 28.9 Å². The highest BCUT2D eigenvalue weighted by Gasteiger charge is 2.34. The van der Waals surface area contributed by atoms with Gasteiger partial charge in [-0.15, -0.1) is 0 Å². The van der Waals surface area contributed by atoms with E-state index in [2.05, 4.69) is 5.32 Å². The maximum absolute atomic E-state index is 12.1. The zero-order chi connectivity index (χ0) is 15.1. The number of hydrogen-bond acceptors (Lipinski definition) is 3. The van der Waals surface area contributed by atoms with Crippen molar-refractivity contribution in [2.24, 2.45) is 5.73 Å². The lowest BCUT2D eigenvalue weighted by Gasteiger charge is -2.31. The van der Waals surface area contributed by atoms with Gasteiger partial charge < -0.3 is 11.1 Å². The van der Waals surface area contributed by atoms with Gasteiger partial charge in [-0.25, -0.2) is 0 Å². The summed E-state index contributed by atoms with van der Waals surface area (Å²) in [5.41, 5.74) is 6.51. The van der Waals surface area contributed by atoms with Gasteiger partial charge in [0.25, 0.3) is 0 Å². The van der Waals surface area contributed by atoms with E-state index in [0.717, 1.165) is 37.7 Å². The van der Waals surface area contributed by atoms with Crippen LogP contribution >= 0.6 is 0 Å². The molecule has 0 aliphatic heterocycles. The molecule has 4 nitrogen and oxygen atoms in total. The fourth-order valence-electron chi connectivity index (χ4n) is 2.70. The Bertz CT molecular complexity index is 484. The SMILES string of the molecule is NC1(C(=O)NCCS(=O)Cc2ccccc2)CCCCC1. The van der Waals surface area contributed by atoms with Crippen LogP contribution in [0.2, 0.25) is 0 Å². The minimum atomic E-state index is -0.961. The molecule has 2 rings (SSSR count). The van der Waals surface area contributed by atoms with Crippen LogP contribution < -0.4 is 11.1 Å². The van der Waals surface area contributed by atoms with Crippen molar-refractivity contribution in [2.75, 3.05) is 12.3 Å². The number of rotatable bonds is 6. The van der Waals surface area contributed by atoms with Gasteiger partial charge in [-0.1, -0.05) is 49.6 Å². The first-order chi connectivity index (χ1) is 10.1. The molecule has 1 atom stereocenters. The van der Waals surface area contributed by atoms with Gasteiger partial charge in [0.1, 0.15) is 0 Å². The monoisotopic (exact) mass is 308 g/mol. The van der Waals surface area contributed by atoms with Gasteiger partial charge in [0.05, 0.1) is 5.54 Å². The van der Waals surface area contributed by atoms with Crippen molar-refractivity contribution in [1.29, 1.82) is 0 Å². The van der Waals surface area contributed by atoms with Gasteiger partial charge in [-0.2, -0.15) is 0 Å². The molecule has 0 saturated heterocycles. The maximum atomic E-state index is 12.1. The Balaban J connectivity index is 1.71. The molecule has 1 fully saturated rings. The maximum Gasteiger partial charge on any atom is 0.240 e. The molecule has 1 unspecified atom stereocenters. The van der Waals surface area contributed by atoms with Crippen LogP contribution in [0.25, 0.3) is 0 Å². The van der Waals surface area contributed by atoms with Crippen LogP contribution in [-0.4, -0.2) is 28.0 Å². The predicted molar refractivity (Wildman–Crippen MR) is 86.2 cm³/mol. The summed E-state index contributed by atoms with van der Waals surface area (Å²) in [5.74, 6) is 0.917. The van der Waals surface area contributed by atoms with Crippen molar-refractivity contribution < 1.29 is 9.00 Å². The molecule has 3 N–H and O–H groups in total. The molecule has 1 saturated carbocycles. The number of nitrogens with two attached hydrogens (primary N) is 1. The third-order valence-electron chi connectivity index (χ3n) is 3.98. The van der Waals surface area contributed by atoms with Crippen molar-refractivity contribution in [1.82, 2.24) is 5.32 Å². The summed E-state index contributed by atoms with van der Waals surface area (Å²) < 4.78 is 12.0. The second-order valence-corrected chi connectivity index (χ2v) is 7.32. The van der Waals surface area contributed by atoms with E-state index in [0.29, 0.717) is 18.1 Å². The Labute approximate surface area is 129 Å². The molecule has 0 spiro atoms. The largest absolute Gasteiger partial charge is 0.354 e. The third-order valence-corrected chi connectivity index (χ3v) is 5.30. The van der Waals surface area contributed by atoms with E-state index in [1.54, 1.807) is 0 Å². The van der Waals surface area contributed by atoms with Crippen LogP contribution in [0, 0.1) is 0 Å². The first kappa shape index (κ1) is 16.2. The second kappa shape index (κ2) is 7.71. The zero-order valence-corrected chi connectivity index (χ0v) is 13.2. The lowest BCUT2D eigenvalue weighted by molar-refractivity contribution is -0.127. The Kier molecular flexibility index (Phi) is 5.94. The highest BCUT2D eigenvalue weighted by Crippen LogP contribution is 2.25. The average Bonchev–Trinajstić information content (AvgIpc) is 2.49. The molecular formula is C16H24N2O2S. The molecule has 1 aliphatic carbocycles. The molecule has 5 heteroatoms. The summed E-state index contributed by atoms with van der Waals surface area (Å²) in [7, 11) is -0.961. The molecule has 1 aromatic carbocycles. The van der Waals surface area contributed by atoms with E-state index >= 15 is 0 Å². The van der Waals surface area contributed by atoms with E-state index in [4.69, 9.17) is 5.73 Å². The molecular weight excluding hydrogens is 284 g/mol. The lowest BCUT2D eigenvalue weighted by Crippen LogP contribution is -2.55. The zero-order valence-electron chi connectivity index (χ0n) is 12.3. The third kappa shape index (κ3) is 4.93. The van der Waals surface area contributed by atoms with Crippen LogP contribution in [0.4, 0.5) is 0 Å². The van der Waals surface area contributed by atoms with Crippen molar-refractivity contribution >= 4 is 16.7 Å². The molecule has 1 aromatic rings. The Morgan fingerprint density at radius 2 is 1.86 bits per heavy atom. The number of nitrogens with one attached hydrogen (secondary N) is 1. The Hall–Kier alpha value is -1.20. The van der Waals surface area contributed by atoms with Crippen molar-refractivity contribution in [3.05, 3.63) is 35.9 Å². The average molecular weight is 308 g/mol. The summed E-state index contributed by atoms with van der Waals surface area (Å²) in [6.45, 7) is 0.428. The summed E-state index contributed by atoms with van der Waals surface area (Å²) in [5, 5.41) is 2.85. The van der Waals surface area contributed by atoms with Crippen molar-refractivity contribution in [3.8, 4) is 0 Å². The van der Waals surface area contributed by atoms with Gasteiger partial charge in [-0.3, -0.25) is 9.00 Å². The number of hydrogen-bond donors (Lipinski definition) is 2. The number of carbonyl (C=O) groups excluding carboxylic acids is 1. The fraction of sp³-hybridized carbons (Fsp3) is 0.562. The molecule has 0 radical (unpaired) electrons. The minimum Gasteiger partial charge on any atom is -0.354 e. The molecule has 1 aliphatic rings. The summed E-state index contributed by atoms with van der Waals surface area (Å²) in [4.78, 5) is 12.1. The smallest absolute Gasteiger partial charge is 0.240 e. The standard InChI is InChI=1S/C16H24N2O2S/c17-16(9-5-2-6-10-16)15(19)18-11-12-21(20)13-14-7-3-1-4-8-14/h1,3-4,7-8H,2,5-6,9-13,17H2,(H,18,19). The lowest BCUT2D eigenvalue weighted by atomic mass is 9.82. The van der Waals surface area contributed by atoms with Crippen LogP contribution in [0.15, 0.2) is 30.3 Å². The molecule has 0 heterocycles. The quantitative estimate of drug-likeness (QED) is 0.840. The summed E-state index contributed by atoms with van der Waals surface area (Å²) in [6.07, 6.45) is 4.71. The molecule has 0 aromatic heterocycles. The van der Waals surface area contributed by atoms with Gasteiger partial charge in [0.15, 0.2) is 0 Å². The highest BCUT2D eigenvalue weighted by atomic mass is 32.2. The predicted octanol–water partition coefficient (Wildman–Crippen LogP) is 1.71. The molecule has 0 bridgehead atoms. The van der Waals surface area contributed by atoms with E-state index in [1.807, 2.05) is 30.3 Å². The normalized spacial score (nSPS) is 18.9. The second-order valence-electron chi connectivity index (χ2n) is 5.75. The van der Waals surface area contributed by atoms with Crippen LogP contribution in [0.5, 0.6) is 0 Å². The van der Waals surface area contributed by atoms with Crippen LogP contribution in [-0.2, 0) is 21.3 Å². The van der Waals surface area contributed by atoms with Gasteiger partial charge in [0.2, 0.25) is 5.91 Å². The van der Waals surface area contributed by atoms with E-state index in [9.17, 15) is 9.00 Å². The van der Waals surface area contributed by atoms with Crippen molar-refractivity contribution in [3.63, 3.8) is 0 Å².